The molecule has 0 fully saturated rings. The summed E-state index contributed by atoms with van der Waals surface area (Å²) >= 11 is 0. The van der Waals surface area contributed by atoms with Crippen molar-refractivity contribution in [2.45, 2.75) is 45.4 Å². The fourth-order valence-electron chi connectivity index (χ4n) is 1.85. The average molecular weight is 296 g/mol. The van der Waals surface area contributed by atoms with E-state index in [1.165, 1.54) is 11.1 Å². The quantitative estimate of drug-likeness (QED) is 0.541. The third kappa shape index (κ3) is 5.10. The van der Waals surface area contributed by atoms with Gasteiger partial charge in [0, 0.05) is 0 Å². The molecule has 0 N–H and O–H groups in total. The highest BCUT2D eigenvalue weighted by Gasteiger charge is 2.17. The second-order valence-electron chi connectivity index (χ2n) is 5.52. The molecule has 0 amide bonds. The fourth-order valence-corrected chi connectivity index (χ4v) is 2.30. The van der Waals surface area contributed by atoms with Crippen LogP contribution in [0.25, 0.3) is 0 Å². The zero-order valence-electron chi connectivity index (χ0n) is 12.6. The summed E-state index contributed by atoms with van der Waals surface area (Å²) in [6, 6.07) is 8.47. The summed E-state index contributed by atoms with van der Waals surface area (Å²) in [4.78, 5) is 0. The van der Waals surface area contributed by atoms with Crippen molar-refractivity contribution < 1.29 is 12.6 Å². The molecule has 20 heavy (non-hydrogen) atoms. The van der Waals surface area contributed by atoms with Crippen LogP contribution < -0.4 is 0 Å². The molecule has 0 atom stereocenters. The van der Waals surface area contributed by atoms with Gasteiger partial charge in [0.1, 0.15) is 0 Å². The van der Waals surface area contributed by atoms with Gasteiger partial charge in [-0.25, -0.2) is 0 Å². The first-order chi connectivity index (χ1) is 9.30. The van der Waals surface area contributed by atoms with E-state index >= 15 is 0 Å². The van der Waals surface area contributed by atoms with Crippen molar-refractivity contribution in [1.29, 1.82) is 0 Å². The molecule has 0 heterocycles. The number of hydrogen-bond acceptors (Lipinski definition) is 3. The number of aryl methyl sites for hydroxylation is 1. The second-order valence-corrected chi connectivity index (χ2v) is 7.08. The van der Waals surface area contributed by atoms with Crippen LogP contribution in [-0.4, -0.2) is 15.0 Å². The molecule has 0 saturated carbocycles. The van der Waals surface area contributed by atoms with Crippen molar-refractivity contribution in [2.75, 3.05) is 6.61 Å². The van der Waals surface area contributed by atoms with E-state index in [1.807, 2.05) is 0 Å². The molecule has 0 saturated heterocycles. The highest BCUT2D eigenvalue weighted by atomic mass is 32.2. The largest absolute Gasteiger partial charge is 0.289 e. The molecule has 4 heteroatoms. The van der Waals surface area contributed by atoms with Crippen LogP contribution in [0.1, 0.15) is 44.7 Å². The van der Waals surface area contributed by atoms with E-state index in [0.29, 0.717) is 6.42 Å². The number of rotatable bonds is 8. The van der Waals surface area contributed by atoms with E-state index in [-0.39, 0.29) is 12.0 Å². The van der Waals surface area contributed by atoms with Crippen LogP contribution in [0.5, 0.6) is 0 Å². The topological polar surface area (TPSA) is 43.4 Å². The van der Waals surface area contributed by atoms with Crippen LogP contribution in [0, 0.1) is 0 Å². The Bertz CT molecular complexity index is 545. The predicted molar refractivity (Wildman–Crippen MR) is 83.1 cm³/mol. The van der Waals surface area contributed by atoms with Gasteiger partial charge >= 0.3 is 0 Å². The van der Waals surface area contributed by atoms with Gasteiger partial charge in [0.2, 0.25) is 0 Å². The van der Waals surface area contributed by atoms with Crippen LogP contribution in [-0.2, 0) is 26.1 Å². The van der Waals surface area contributed by atoms with Gasteiger partial charge in [0.15, 0.2) is 0 Å². The van der Waals surface area contributed by atoms with Crippen molar-refractivity contribution in [3.8, 4) is 0 Å². The Balaban J connectivity index is 2.58. The summed E-state index contributed by atoms with van der Waals surface area (Å²) in [5, 5.41) is 0.831. The van der Waals surface area contributed by atoms with E-state index in [9.17, 15) is 8.42 Å². The van der Waals surface area contributed by atoms with Crippen molar-refractivity contribution >= 4 is 10.1 Å². The predicted octanol–water partition coefficient (Wildman–Crippen LogP) is 3.80. The molecule has 1 rings (SSSR count). The molecule has 0 spiro atoms. The Morgan fingerprint density at radius 3 is 2.65 bits per heavy atom. The molecule has 112 valence electrons. The van der Waals surface area contributed by atoms with Crippen LogP contribution in [0.15, 0.2) is 36.3 Å². The fraction of sp³-hybridized carbons (Fsp3) is 0.500. The standard InChI is InChI=1S/C16H24O3S/c1-5-16(3,4)15-11-7-9-14(13-15)10-8-12-19-20(17,18)6-2/h6-7,9,11,13H,2,5,8,10,12H2,1,3-4H3. The Morgan fingerprint density at radius 2 is 2.05 bits per heavy atom. The normalized spacial score (nSPS) is 12.3. The Labute approximate surface area is 122 Å². The zero-order chi connectivity index (χ0) is 15.2. The van der Waals surface area contributed by atoms with E-state index in [2.05, 4.69) is 51.6 Å². The van der Waals surface area contributed by atoms with Crippen molar-refractivity contribution in [1.82, 2.24) is 0 Å². The molecular formula is C16H24O3S. The minimum absolute atomic E-state index is 0.165. The average Bonchev–Trinajstić information content (AvgIpc) is 2.44. The molecule has 1 aromatic rings. The van der Waals surface area contributed by atoms with Gasteiger partial charge in [-0.3, -0.25) is 4.18 Å². The Kier molecular flexibility index (Phi) is 5.96. The first kappa shape index (κ1) is 16.9. The molecule has 0 radical (unpaired) electrons. The van der Waals surface area contributed by atoms with Crippen molar-refractivity contribution in [2.24, 2.45) is 0 Å². The zero-order valence-corrected chi connectivity index (χ0v) is 13.4. The van der Waals surface area contributed by atoms with E-state index in [0.717, 1.165) is 18.2 Å². The number of hydrogen-bond donors (Lipinski definition) is 0. The molecule has 0 aliphatic rings. The van der Waals surface area contributed by atoms with Gasteiger partial charge in [-0.05, 0) is 35.8 Å². The summed E-state index contributed by atoms with van der Waals surface area (Å²) in [5.41, 5.74) is 2.69. The summed E-state index contributed by atoms with van der Waals surface area (Å²) < 4.78 is 27.0. The lowest BCUT2D eigenvalue weighted by Crippen LogP contribution is -2.15. The van der Waals surface area contributed by atoms with Crippen molar-refractivity contribution in [3.05, 3.63) is 47.4 Å². The van der Waals surface area contributed by atoms with E-state index < -0.39 is 10.1 Å². The highest BCUT2D eigenvalue weighted by Crippen LogP contribution is 2.27. The van der Waals surface area contributed by atoms with Gasteiger partial charge in [-0.15, -0.1) is 0 Å². The smallest absolute Gasteiger partial charge is 0.267 e. The third-order valence-electron chi connectivity index (χ3n) is 3.65. The molecule has 0 aliphatic heterocycles. The van der Waals surface area contributed by atoms with Crippen molar-refractivity contribution in [3.63, 3.8) is 0 Å². The first-order valence-corrected chi connectivity index (χ1v) is 8.39. The molecule has 0 bridgehead atoms. The minimum atomic E-state index is -3.55. The van der Waals surface area contributed by atoms with E-state index in [4.69, 9.17) is 4.18 Å². The first-order valence-electron chi connectivity index (χ1n) is 6.92. The van der Waals surface area contributed by atoms with Crippen LogP contribution in [0.4, 0.5) is 0 Å². The molecule has 0 aliphatic carbocycles. The monoisotopic (exact) mass is 296 g/mol. The molecule has 3 nitrogen and oxygen atoms in total. The third-order valence-corrected chi connectivity index (χ3v) is 4.56. The van der Waals surface area contributed by atoms with Gasteiger partial charge in [0.25, 0.3) is 10.1 Å². The van der Waals surface area contributed by atoms with Gasteiger partial charge in [-0.2, -0.15) is 8.42 Å². The summed E-state index contributed by atoms with van der Waals surface area (Å²) in [7, 11) is -3.55. The lowest BCUT2D eigenvalue weighted by Gasteiger charge is -2.23. The SMILES string of the molecule is C=CS(=O)(=O)OCCCc1cccc(C(C)(C)CC)c1. The van der Waals surface area contributed by atoms with Gasteiger partial charge in [-0.1, -0.05) is 51.6 Å². The minimum Gasteiger partial charge on any atom is -0.267 e. The van der Waals surface area contributed by atoms with Crippen LogP contribution in [0.2, 0.25) is 0 Å². The summed E-state index contributed by atoms with van der Waals surface area (Å²) in [6.45, 7) is 10.0. The molecule has 0 unspecified atom stereocenters. The lowest BCUT2D eigenvalue weighted by molar-refractivity contribution is 0.318. The Hall–Kier alpha value is -1.13. The molecule has 0 aromatic heterocycles. The molecular weight excluding hydrogens is 272 g/mol. The lowest BCUT2D eigenvalue weighted by atomic mass is 9.81. The molecule has 1 aromatic carbocycles. The summed E-state index contributed by atoms with van der Waals surface area (Å²) in [6.07, 6.45) is 2.56. The number of benzene rings is 1. The maximum Gasteiger partial charge on any atom is 0.289 e. The van der Waals surface area contributed by atoms with Crippen LogP contribution in [0.3, 0.4) is 0 Å². The maximum absolute atomic E-state index is 11.1. The van der Waals surface area contributed by atoms with Gasteiger partial charge < -0.3 is 0 Å². The Morgan fingerprint density at radius 1 is 1.35 bits per heavy atom. The summed E-state index contributed by atoms with van der Waals surface area (Å²) in [5.74, 6) is 0. The second kappa shape index (κ2) is 7.04. The maximum atomic E-state index is 11.1. The van der Waals surface area contributed by atoms with Gasteiger partial charge in [0.05, 0.1) is 12.0 Å². The van der Waals surface area contributed by atoms with Crippen LogP contribution >= 0.6 is 0 Å². The van der Waals surface area contributed by atoms with E-state index in [1.54, 1.807) is 0 Å². The highest BCUT2D eigenvalue weighted by molar-refractivity contribution is 7.89.